The van der Waals surface area contributed by atoms with E-state index in [-0.39, 0.29) is 18.1 Å². The summed E-state index contributed by atoms with van der Waals surface area (Å²) in [6, 6.07) is 6.79. The first-order chi connectivity index (χ1) is 14.7. The van der Waals surface area contributed by atoms with Gasteiger partial charge in [0.05, 0.1) is 0 Å². The first kappa shape index (κ1) is 22.4. The summed E-state index contributed by atoms with van der Waals surface area (Å²) in [7, 11) is 3.87. The smallest absolute Gasteiger partial charge is 0.352 e. The number of carboxylic acids is 1. The lowest BCUT2D eigenvalue weighted by Crippen LogP contribution is -2.70. The molecule has 1 aromatic carbocycles. The van der Waals surface area contributed by atoms with Gasteiger partial charge in [0.2, 0.25) is 5.91 Å². The second kappa shape index (κ2) is 9.25. The summed E-state index contributed by atoms with van der Waals surface area (Å²) in [6.45, 7) is 1.04. The van der Waals surface area contributed by atoms with Crippen LogP contribution in [-0.2, 0) is 23.9 Å². The molecular formula is C21H23N3O6S. The van der Waals surface area contributed by atoms with Gasteiger partial charge in [-0.05, 0) is 23.8 Å². The van der Waals surface area contributed by atoms with Gasteiger partial charge in [-0.25, -0.2) is 4.79 Å². The first-order valence-electron chi connectivity index (χ1n) is 9.48. The molecule has 2 heterocycles. The summed E-state index contributed by atoms with van der Waals surface area (Å²) in [5, 5.41) is 11.7. The fraction of sp³-hybridized carbons (Fsp3) is 0.333. The normalized spacial score (nSPS) is 20.2. The summed E-state index contributed by atoms with van der Waals surface area (Å²) in [6.07, 6.45) is 2.98. The number of rotatable bonds is 7. The van der Waals surface area contributed by atoms with Crippen LogP contribution >= 0.6 is 11.8 Å². The second-order valence-corrected chi connectivity index (χ2v) is 8.36. The highest BCUT2D eigenvalue weighted by molar-refractivity contribution is 8.00. The van der Waals surface area contributed by atoms with Gasteiger partial charge in [0.15, 0.2) is 0 Å². The lowest BCUT2D eigenvalue weighted by atomic mass is 10.0. The minimum Gasteiger partial charge on any atom is -0.477 e. The number of esters is 1. The molecule has 1 fully saturated rings. The molecule has 3 rings (SSSR count). The number of nitrogens with zero attached hydrogens (tertiary/aromatic N) is 2. The van der Waals surface area contributed by atoms with E-state index in [0.29, 0.717) is 5.57 Å². The molecule has 2 N–H and O–H groups in total. The number of β-lactam (4-membered cyclic amide) rings is 1. The molecule has 0 bridgehead atoms. The van der Waals surface area contributed by atoms with Crippen LogP contribution < -0.4 is 10.2 Å². The van der Waals surface area contributed by atoms with E-state index >= 15 is 0 Å². The molecule has 0 aliphatic carbocycles. The molecule has 2 amide bonds. The van der Waals surface area contributed by atoms with Gasteiger partial charge in [-0.15, -0.1) is 11.8 Å². The van der Waals surface area contributed by atoms with Gasteiger partial charge < -0.3 is 20.1 Å². The SMILES string of the molecule is CC(=O)OCC1=C(C(=O)O)N2C(=O)[C@@H](NC(=O)/C=C/c3ccc(N(C)C)cc3)[C@H]2SC1. The average Bonchev–Trinajstić information content (AvgIpc) is 2.73. The molecule has 0 radical (unpaired) electrons. The Balaban J connectivity index is 1.64. The number of hydrogen-bond acceptors (Lipinski definition) is 7. The van der Waals surface area contributed by atoms with Gasteiger partial charge in [-0.3, -0.25) is 19.3 Å². The van der Waals surface area contributed by atoms with Crippen molar-refractivity contribution in [2.75, 3.05) is 31.4 Å². The summed E-state index contributed by atoms with van der Waals surface area (Å²) in [5.74, 6) is -2.47. The Hall–Kier alpha value is -3.27. The van der Waals surface area contributed by atoms with Crippen LogP contribution in [0.25, 0.3) is 6.08 Å². The maximum Gasteiger partial charge on any atom is 0.352 e. The van der Waals surface area contributed by atoms with Crippen LogP contribution in [0.4, 0.5) is 5.69 Å². The van der Waals surface area contributed by atoms with Gasteiger partial charge in [-0.2, -0.15) is 0 Å². The topological polar surface area (TPSA) is 116 Å². The van der Waals surface area contributed by atoms with Gasteiger partial charge in [0, 0.05) is 44.1 Å². The summed E-state index contributed by atoms with van der Waals surface area (Å²) >= 11 is 1.32. The number of thioether (sulfide) groups is 1. The molecule has 2 atom stereocenters. The summed E-state index contributed by atoms with van der Waals surface area (Å²) < 4.78 is 4.90. The predicted octanol–water partition coefficient (Wildman–Crippen LogP) is 1.07. The van der Waals surface area contributed by atoms with Crippen molar-refractivity contribution in [3.05, 3.63) is 47.2 Å². The van der Waals surface area contributed by atoms with Crippen molar-refractivity contribution in [1.82, 2.24) is 10.2 Å². The number of carbonyl (C=O) groups is 4. The number of hydrogen-bond donors (Lipinski definition) is 2. The van der Waals surface area contributed by atoms with Crippen molar-refractivity contribution in [3.63, 3.8) is 0 Å². The molecule has 1 aromatic rings. The molecule has 2 aliphatic rings. The molecule has 164 valence electrons. The molecule has 31 heavy (non-hydrogen) atoms. The monoisotopic (exact) mass is 445 g/mol. The Morgan fingerprint density at radius 3 is 2.55 bits per heavy atom. The Morgan fingerprint density at radius 1 is 1.29 bits per heavy atom. The Morgan fingerprint density at radius 2 is 1.97 bits per heavy atom. The summed E-state index contributed by atoms with van der Waals surface area (Å²) in [5.41, 5.74) is 2.03. The number of nitrogens with one attached hydrogen (secondary N) is 1. The molecule has 0 saturated carbocycles. The molecular weight excluding hydrogens is 422 g/mol. The van der Waals surface area contributed by atoms with Crippen molar-refractivity contribution in [2.45, 2.75) is 18.3 Å². The van der Waals surface area contributed by atoms with Crippen LogP contribution in [-0.4, -0.2) is 71.6 Å². The van der Waals surface area contributed by atoms with E-state index in [1.807, 2.05) is 43.3 Å². The van der Waals surface area contributed by atoms with Crippen LogP contribution in [0.1, 0.15) is 12.5 Å². The fourth-order valence-corrected chi connectivity index (χ4v) is 4.57. The Labute approximate surface area is 183 Å². The minimum atomic E-state index is -1.27. The van der Waals surface area contributed by atoms with Crippen molar-refractivity contribution in [2.24, 2.45) is 0 Å². The summed E-state index contributed by atoms with van der Waals surface area (Å²) in [4.78, 5) is 50.7. The van der Waals surface area contributed by atoms with E-state index < -0.39 is 35.2 Å². The van der Waals surface area contributed by atoms with Crippen molar-refractivity contribution < 1.29 is 29.0 Å². The largest absolute Gasteiger partial charge is 0.477 e. The highest BCUT2D eigenvalue weighted by atomic mass is 32.2. The van der Waals surface area contributed by atoms with Gasteiger partial charge in [-0.1, -0.05) is 12.1 Å². The number of amides is 2. The third-order valence-corrected chi connectivity index (χ3v) is 6.17. The van der Waals surface area contributed by atoms with Gasteiger partial charge in [0.25, 0.3) is 5.91 Å². The van der Waals surface area contributed by atoms with Crippen LogP contribution in [0.5, 0.6) is 0 Å². The lowest BCUT2D eigenvalue weighted by Gasteiger charge is -2.49. The van der Waals surface area contributed by atoms with Crippen LogP contribution in [0.2, 0.25) is 0 Å². The minimum absolute atomic E-state index is 0.183. The van der Waals surface area contributed by atoms with E-state index in [9.17, 15) is 24.3 Å². The highest BCUT2D eigenvalue weighted by Gasteiger charge is 2.54. The number of anilines is 1. The molecule has 1 saturated heterocycles. The number of aliphatic carboxylic acids is 1. The van der Waals surface area contributed by atoms with Crippen molar-refractivity contribution in [3.8, 4) is 0 Å². The van der Waals surface area contributed by atoms with Crippen molar-refractivity contribution >= 4 is 47.3 Å². The second-order valence-electron chi connectivity index (χ2n) is 7.25. The number of carbonyl (C=O) groups excluding carboxylic acids is 3. The number of ether oxygens (including phenoxy) is 1. The molecule has 0 aromatic heterocycles. The number of fused-ring (bicyclic) bond motifs is 1. The maximum atomic E-state index is 12.6. The molecule has 0 unspecified atom stereocenters. The van der Waals surface area contributed by atoms with Gasteiger partial charge in [0.1, 0.15) is 23.7 Å². The standard InChI is InChI=1S/C21H23N3O6S/c1-12(25)30-10-14-11-31-20-17(19(27)24(20)18(14)21(28)29)22-16(26)9-6-13-4-7-15(8-5-13)23(2)3/h4-9,17,20H,10-11H2,1-3H3,(H,22,26)(H,28,29)/b9-6+/t17-,20-/m1/s1. The fourth-order valence-electron chi connectivity index (χ4n) is 3.24. The quantitative estimate of drug-likeness (QED) is 0.364. The molecule has 10 heteroatoms. The van der Waals surface area contributed by atoms with E-state index in [1.165, 1.54) is 24.8 Å². The van der Waals surface area contributed by atoms with Crippen LogP contribution in [0.15, 0.2) is 41.6 Å². The zero-order chi connectivity index (χ0) is 22.7. The third-order valence-electron chi connectivity index (χ3n) is 4.83. The molecule has 9 nitrogen and oxygen atoms in total. The average molecular weight is 445 g/mol. The van der Waals surface area contributed by atoms with Crippen molar-refractivity contribution in [1.29, 1.82) is 0 Å². The lowest BCUT2D eigenvalue weighted by molar-refractivity contribution is -0.150. The van der Waals surface area contributed by atoms with E-state index in [2.05, 4.69) is 5.32 Å². The number of carboxylic acid groups (broad SMARTS) is 1. The predicted molar refractivity (Wildman–Crippen MR) is 116 cm³/mol. The van der Waals surface area contributed by atoms with E-state index in [4.69, 9.17) is 4.74 Å². The Bertz CT molecular complexity index is 970. The molecule has 0 spiro atoms. The maximum absolute atomic E-state index is 12.6. The zero-order valence-electron chi connectivity index (χ0n) is 17.3. The Kier molecular flexibility index (Phi) is 6.69. The third kappa shape index (κ3) is 4.91. The number of benzene rings is 1. The zero-order valence-corrected chi connectivity index (χ0v) is 18.1. The molecule has 2 aliphatic heterocycles. The highest BCUT2D eigenvalue weighted by Crippen LogP contribution is 2.40. The van der Waals surface area contributed by atoms with Crippen LogP contribution in [0, 0.1) is 0 Å². The van der Waals surface area contributed by atoms with E-state index in [1.54, 1.807) is 6.08 Å². The first-order valence-corrected chi connectivity index (χ1v) is 10.5. The van der Waals surface area contributed by atoms with Gasteiger partial charge >= 0.3 is 11.9 Å². The van der Waals surface area contributed by atoms with E-state index in [0.717, 1.165) is 16.2 Å². The van der Waals surface area contributed by atoms with Crippen LogP contribution in [0.3, 0.4) is 0 Å².